The number of esters is 1. The molecular formula is C29H30BrN3O5S. The van der Waals surface area contributed by atoms with E-state index in [2.05, 4.69) is 38.0 Å². The van der Waals surface area contributed by atoms with Gasteiger partial charge in [0.2, 0.25) is 0 Å². The number of thiazole rings is 1. The minimum absolute atomic E-state index is 0.202. The molecular weight excluding hydrogens is 582 g/mol. The maximum absolute atomic E-state index is 13.9. The highest BCUT2D eigenvalue weighted by molar-refractivity contribution is 9.10. The van der Waals surface area contributed by atoms with E-state index in [0.29, 0.717) is 42.1 Å². The Morgan fingerprint density at radius 1 is 1.13 bits per heavy atom. The first-order chi connectivity index (χ1) is 18.9. The zero-order valence-electron chi connectivity index (χ0n) is 22.3. The van der Waals surface area contributed by atoms with Crippen molar-refractivity contribution >= 4 is 45.0 Å². The minimum Gasteiger partial charge on any atom is -0.493 e. The lowest BCUT2D eigenvalue weighted by Crippen LogP contribution is -2.40. The monoisotopic (exact) mass is 611 g/mol. The van der Waals surface area contributed by atoms with E-state index in [1.165, 1.54) is 29.9 Å². The molecule has 8 nitrogen and oxygen atoms in total. The van der Waals surface area contributed by atoms with Crippen LogP contribution in [0.1, 0.15) is 43.9 Å². The van der Waals surface area contributed by atoms with Gasteiger partial charge in [0.25, 0.3) is 5.56 Å². The number of aromatic nitrogens is 1. The molecule has 0 bridgehead atoms. The zero-order chi connectivity index (χ0) is 27.7. The molecule has 2 aromatic carbocycles. The quantitative estimate of drug-likeness (QED) is 0.373. The van der Waals surface area contributed by atoms with Crippen LogP contribution in [-0.2, 0) is 9.53 Å². The predicted molar refractivity (Wildman–Crippen MR) is 156 cm³/mol. The summed E-state index contributed by atoms with van der Waals surface area (Å²) in [5.41, 5.74) is 3.35. The average Bonchev–Trinajstić information content (AvgIpc) is 3.57. The molecule has 0 saturated carbocycles. The van der Waals surface area contributed by atoms with Crippen molar-refractivity contribution < 1.29 is 19.0 Å². The first kappa shape index (κ1) is 27.2. The molecule has 3 heterocycles. The molecule has 1 atom stereocenters. The molecule has 1 saturated heterocycles. The van der Waals surface area contributed by atoms with E-state index in [1.807, 2.05) is 18.2 Å². The highest BCUT2D eigenvalue weighted by Gasteiger charge is 2.35. The molecule has 0 radical (unpaired) electrons. The van der Waals surface area contributed by atoms with Gasteiger partial charge in [-0.25, -0.2) is 9.79 Å². The van der Waals surface area contributed by atoms with E-state index in [1.54, 1.807) is 44.8 Å². The van der Waals surface area contributed by atoms with E-state index in [9.17, 15) is 9.59 Å². The van der Waals surface area contributed by atoms with Gasteiger partial charge >= 0.3 is 5.97 Å². The first-order valence-electron chi connectivity index (χ1n) is 12.8. The van der Waals surface area contributed by atoms with E-state index in [4.69, 9.17) is 14.2 Å². The average molecular weight is 613 g/mol. The molecule has 3 aromatic rings. The molecule has 39 heavy (non-hydrogen) atoms. The lowest BCUT2D eigenvalue weighted by Gasteiger charge is -2.26. The van der Waals surface area contributed by atoms with E-state index in [-0.39, 0.29) is 12.2 Å². The molecule has 1 aromatic heterocycles. The summed E-state index contributed by atoms with van der Waals surface area (Å²) in [6.45, 7) is 5.87. The summed E-state index contributed by atoms with van der Waals surface area (Å²) in [5, 5.41) is 0. The summed E-state index contributed by atoms with van der Waals surface area (Å²) in [6.07, 6.45) is 4.31. The molecule has 1 fully saturated rings. The largest absolute Gasteiger partial charge is 0.493 e. The van der Waals surface area contributed by atoms with Crippen LogP contribution in [0.15, 0.2) is 61.9 Å². The van der Waals surface area contributed by atoms with Gasteiger partial charge in [0, 0.05) is 23.2 Å². The summed E-state index contributed by atoms with van der Waals surface area (Å²) >= 11 is 4.93. The van der Waals surface area contributed by atoms with Gasteiger partial charge in [-0.2, -0.15) is 0 Å². The topological polar surface area (TPSA) is 82.4 Å². The van der Waals surface area contributed by atoms with Crippen molar-refractivity contribution in [3.8, 4) is 11.5 Å². The SMILES string of the molecule is CCOC(=O)C1=C(C)N=c2s/c(=C/c3ccc(N4CCCC4)cc3)c(=O)n2[C@@H]1c1cc(OC)c(OC)cc1Br. The van der Waals surface area contributed by atoms with Gasteiger partial charge in [-0.05, 0) is 68.2 Å². The second-order valence-electron chi connectivity index (χ2n) is 9.32. The van der Waals surface area contributed by atoms with Crippen molar-refractivity contribution in [2.75, 3.05) is 38.8 Å². The molecule has 5 rings (SSSR count). The Hall–Kier alpha value is -3.37. The van der Waals surface area contributed by atoms with Crippen LogP contribution in [0, 0.1) is 0 Å². The summed E-state index contributed by atoms with van der Waals surface area (Å²) in [7, 11) is 3.10. The summed E-state index contributed by atoms with van der Waals surface area (Å²) in [6, 6.07) is 11.0. The van der Waals surface area contributed by atoms with Crippen molar-refractivity contribution in [1.82, 2.24) is 4.57 Å². The smallest absolute Gasteiger partial charge is 0.338 e. The second kappa shape index (κ2) is 11.4. The van der Waals surface area contributed by atoms with Crippen molar-refractivity contribution in [3.05, 3.63) is 83.0 Å². The fraction of sp³-hybridized carbons (Fsp3) is 0.345. The fourth-order valence-corrected chi connectivity index (χ4v) is 6.66. The lowest BCUT2D eigenvalue weighted by molar-refractivity contribution is -0.139. The number of anilines is 1. The third-order valence-electron chi connectivity index (χ3n) is 6.98. The van der Waals surface area contributed by atoms with Crippen LogP contribution in [0.4, 0.5) is 5.69 Å². The summed E-state index contributed by atoms with van der Waals surface area (Å²) in [4.78, 5) is 34.7. The normalized spacial score (nSPS) is 17.2. The van der Waals surface area contributed by atoms with Crippen molar-refractivity contribution in [2.45, 2.75) is 32.7 Å². The number of carbonyl (C=O) groups is 1. The molecule has 0 spiro atoms. The molecule has 0 N–H and O–H groups in total. The number of hydrogen-bond acceptors (Lipinski definition) is 8. The molecule has 0 unspecified atom stereocenters. The number of allylic oxidation sites excluding steroid dienone is 1. The standard InChI is InChI=1S/C29H30BrN3O5S/c1-5-38-28(35)25-17(2)31-29-33(26(25)20-15-22(36-3)23(37-4)16-21(20)30)27(34)24(39-29)14-18-8-10-19(11-9-18)32-12-6-7-13-32/h8-11,14-16,26H,5-7,12-13H2,1-4H3/b24-14+/t26-/m1/s1. The van der Waals surface area contributed by atoms with E-state index in [0.717, 1.165) is 18.7 Å². The molecule has 0 aliphatic carbocycles. The predicted octanol–water partition coefficient (Wildman–Crippen LogP) is 4.18. The highest BCUT2D eigenvalue weighted by Crippen LogP contribution is 2.40. The zero-order valence-corrected chi connectivity index (χ0v) is 24.7. The number of benzene rings is 2. The van der Waals surface area contributed by atoms with Crippen molar-refractivity contribution in [3.63, 3.8) is 0 Å². The number of ether oxygens (including phenoxy) is 3. The van der Waals surface area contributed by atoms with Crippen LogP contribution < -0.4 is 29.3 Å². The number of methoxy groups -OCH3 is 2. The van der Waals surface area contributed by atoms with Crippen LogP contribution >= 0.6 is 27.3 Å². The van der Waals surface area contributed by atoms with Crippen LogP contribution in [0.25, 0.3) is 6.08 Å². The summed E-state index contributed by atoms with van der Waals surface area (Å²) < 4.78 is 19.2. The molecule has 2 aliphatic rings. The Labute approximate surface area is 239 Å². The van der Waals surface area contributed by atoms with Crippen LogP contribution in [-0.4, -0.2) is 44.5 Å². The van der Waals surface area contributed by atoms with Gasteiger partial charge in [-0.1, -0.05) is 39.4 Å². The number of halogens is 1. The van der Waals surface area contributed by atoms with Gasteiger partial charge in [0.15, 0.2) is 16.3 Å². The maximum atomic E-state index is 13.9. The number of rotatable bonds is 7. The van der Waals surface area contributed by atoms with Crippen molar-refractivity contribution in [1.29, 1.82) is 0 Å². The fourth-order valence-electron chi connectivity index (χ4n) is 5.07. The number of fused-ring (bicyclic) bond motifs is 1. The molecule has 204 valence electrons. The van der Waals surface area contributed by atoms with Gasteiger partial charge < -0.3 is 19.1 Å². The number of nitrogens with zero attached hydrogens (tertiary/aromatic N) is 3. The Morgan fingerprint density at radius 3 is 2.44 bits per heavy atom. The molecule has 2 aliphatic heterocycles. The lowest BCUT2D eigenvalue weighted by atomic mass is 9.95. The first-order valence-corrected chi connectivity index (χ1v) is 14.4. The van der Waals surface area contributed by atoms with Crippen molar-refractivity contribution in [2.24, 2.45) is 4.99 Å². The Bertz CT molecular complexity index is 1620. The van der Waals surface area contributed by atoms with E-state index < -0.39 is 12.0 Å². The Morgan fingerprint density at radius 2 is 1.79 bits per heavy atom. The maximum Gasteiger partial charge on any atom is 0.338 e. The molecule has 10 heteroatoms. The highest BCUT2D eigenvalue weighted by atomic mass is 79.9. The Balaban J connectivity index is 1.66. The van der Waals surface area contributed by atoms with Gasteiger partial charge in [0.1, 0.15) is 0 Å². The second-order valence-corrected chi connectivity index (χ2v) is 11.2. The molecule has 0 amide bonds. The van der Waals surface area contributed by atoms with Crippen LogP contribution in [0.5, 0.6) is 11.5 Å². The third kappa shape index (κ3) is 5.15. The van der Waals surface area contributed by atoms with E-state index >= 15 is 0 Å². The van der Waals surface area contributed by atoms with Gasteiger partial charge in [-0.15, -0.1) is 0 Å². The van der Waals surface area contributed by atoms with Crippen LogP contribution in [0.2, 0.25) is 0 Å². The minimum atomic E-state index is -0.769. The number of hydrogen-bond donors (Lipinski definition) is 0. The Kier molecular flexibility index (Phi) is 7.95. The third-order valence-corrected chi connectivity index (χ3v) is 8.65. The van der Waals surface area contributed by atoms with Crippen LogP contribution in [0.3, 0.4) is 0 Å². The van der Waals surface area contributed by atoms with Gasteiger partial charge in [0.05, 0.1) is 42.7 Å². The van der Waals surface area contributed by atoms with Gasteiger partial charge in [-0.3, -0.25) is 9.36 Å². The number of carbonyl (C=O) groups excluding carboxylic acids is 1. The summed E-state index contributed by atoms with van der Waals surface area (Å²) in [5.74, 6) is 0.488.